The Bertz CT molecular complexity index is 188. The Hall–Kier alpha value is -0.610. The van der Waals surface area contributed by atoms with Gasteiger partial charge >= 0.3 is 5.97 Å². The van der Waals surface area contributed by atoms with Gasteiger partial charge < -0.3 is 14.8 Å². The Morgan fingerprint density at radius 3 is 2.80 bits per heavy atom. The standard InChI is InChI=1S/C11H21NO3/c1-9(2)14-7-8-15-11(13)10-5-3-4-6-12-10/h9-10,12H,3-8H2,1-2H3/t10-/m0/s1. The molecule has 0 aromatic carbocycles. The Morgan fingerprint density at radius 2 is 2.20 bits per heavy atom. The molecule has 1 aliphatic rings. The van der Waals surface area contributed by atoms with E-state index in [1.807, 2.05) is 13.8 Å². The maximum Gasteiger partial charge on any atom is 0.323 e. The topological polar surface area (TPSA) is 47.6 Å². The minimum absolute atomic E-state index is 0.0993. The summed E-state index contributed by atoms with van der Waals surface area (Å²) >= 11 is 0. The van der Waals surface area contributed by atoms with Crippen LogP contribution in [-0.2, 0) is 14.3 Å². The van der Waals surface area contributed by atoms with Gasteiger partial charge in [-0.2, -0.15) is 0 Å². The highest BCUT2D eigenvalue weighted by atomic mass is 16.6. The highest BCUT2D eigenvalue weighted by Gasteiger charge is 2.21. The Balaban J connectivity index is 2.07. The van der Waals surface area contributed by atoms with Crippen LogP contribution < -0.4 is 5.32 Å². The van der Waals surface area contributed by atoms with Crippen LogP contribution >= 0.6 is 0 Å². The second-order valence-corrected chi connectivity index (χ2v) is 4.09. The molecule has 0 spiro atoms. The van der Waals surface area contributed by atoms with Gasteiger partial charge in [-0.25, -0.2) is 0 Å². The molecule has 0 radical (unpaired) electrons. The number of piperidine rings is 1. The van der Waals surface area contributed by atoms with E-state index in [2.05, 4.69) is 5.32 Å². The van der Waals surface area contributed by atoms with Crippen LogP contribution in [0.25, 0.3) is 0 Å². The molecule has 1 aliphatic heterocycles. The zero-order valence-electron chi connectivity index (χ0n) is 9.62. The van der Waals surface area contributed by atoms with E-state index in [9.17, 15) is 4.79 Å². The SMILES string of the molecule is CC(C)OCCOC(=O)[C@@H]1CCCCN1. The Kier molecular flexibility index (Phi) is 5.65. The molecule has 1 N–H and O–H groups in total. The molecular formula is C11H21NO3. The van der Waals surface area contributed by atoms with Gasteiger partial charge in [-0.1, -0.05) is 6.42 Å². The van der Waals surface area contributed by atoms with Crippen LogP contribution in [-0.4, -0.2) is 37.9 Å². The number of hydrogen-bond donors (Lipinski definition) is 1. The number of nitrogens with one attached hydrogen (secondary N) is 1. The molecular weight excluding hydrogens is 194 g/mol. The first-order valence-electron chi connectivity index (χ1n) is 5.72. The summed E-state index contributed by atoms with van der Waals surface area (Å²) in [4.78, 5) is 11.5. The average Bonchev–Trinajstić information content (AvgIpc) is 2.25. The summed E-state index contributed by atoms with van der Waals surface area (Å²) in [6, 6.07) is -0.0993. The molecule has 0 amide bonds. The molecule has 0 unspecified atom stereocenters. The minimum atomic E-state index is -0.137. The lowest BCUT2D eigenvalue weighted by atomic mass is 10.1. The number of carbonyl (C=O) groups is 1. The molecule has 4 heteroatoms. The molecule has 4 nitrogen and oxygen atoms in total. The van der Waals surface area contributed by atoms with E-state index >= 15 is 0 Å². The molecule has 1 rings (SSSR count). The number of esters is 1. The van der Waals surface area contributed by atoms with Gasteiger partial charge in [-0.05, 0) is 33.2 Å². The fraction of sp³-hybridized carbons (Fsp3) is 0.909. The average molecular weight is 215 g/mol. The second-order valence-electron chi connectivity index (χ2n) is 4.09. The lowest BCUT2D eigenvalue weighted by Crippen LogP contribution is -2.41. The fourth-order valence-electron chi connectivity index (χ4n) is 1.58. The van der Waals surface area contributed by atoms with Crippen molar-refractivity contribution >= 4 is 5.97 Å². The smallest absolute Gasteiger partial charge is 0.323 e. The number of hydrogen-bond acceptors (Lipinski definition) is 4. The third kappa shape index (κ3) is 5.14. The van der Waals surface area contributed by atoms with Gasteiger partial charge in [0.15, 0.2) is 0 Å². The number of carbonyl (C=O) groups excluding carboxylic acids is 1. The summed E-state index contributed by atoms with van der Waals surface area (Å²) < 4.78 is 10.4. The zero-order valence-corrected chi connectivity index (χ0v) is 9.62. The quantitative estimate of drug-likeness (QED) is 0.551. The summed E-state index contributed by atoms with van der Waals surface area (Å²) in [5.41, 5.74) is 0. The Morgan fingerprint density at radius 1 is 1.40 bits per heavy atom. The van der Waals surface area contributed by atoms with Crippen molar-refractivity contribution in [2.45, 2.75) is 45.3 Å². The van der Waals surface area contributed by atoms with Crippen molar-refractivity contribution < 1.29 is 14.3 Å². The molecule has 88 valence electrons. The molecule has 1 atom stereocenters. The van der Waals surface area contributed by atoms with E-state index in [4.69, 9.17) is 9.47 Å². The van der Waals surface area contributed by atoms with Gasteiger partial charge in [0, 0.05) is 0 Å². The molecule has 1 heterocycles. The first kappa shape index (κ1) is 12.5. The van der Waals surface area contributed by atoms with Gasteiger partial charge in [0.25, 0.3) is 0 Å². The van der Waals surface area contributed by atoms with Gasteiger partial charge in [-0.15, -0.1) is 0 Å². The van der Waals surface area contributed by atoms with Crippen LogP contribution in [0.3, 0.4) is 0 Å². The van der Waals surface area contributed by atoms with Gasteiger partial charge in [0.1, 0.15) is 12.6 Å². The van der Waals surface area contributed by atoms with Gasteiger partial charge in [0.2, 0.25) is 0 Å². The van der Waals surface area contributed by atoms with E-state index < -0.39 is 0 Å². The molecule has 0 saturated carbocycles. The van der Waals surface area contributed by atoms with E-state index in [-0.39, 0.29) is 18.1 Å². The maximum atomic E-state index is 11.5. The predicted octanol–water partition coefficient (Wildman–Crippen LogP) is 1.10. The number of rotatable bonds is 5. The van der Waals surface area contributed by atoms with E-state index in [1.165, 1.54) is 0 Å². The van der Waals surface area contributed by atoms with Crippen molar-refractivity contribution in [3.63, 3.8) is 0 Å². The minimum Gasteiger partial charge on any atom is -0.462 e. The van der Waals surface area contributed by atoms with Crippen LogP contribution in [0.15, 0.2) is 0 Å². The normalized spacial score (nSPS) is 21.7. The summed E-state index contributed by atoms with van der Waals surface area (Å²) in [5.74, 6) is -0.137. The zero-order chi connectivity index (χ0) is 11.1. The lowest BCUT2D eigenvalue weighted by Gasteiger charge is -2.21. The first-order valence-corrected chi connectivity index (χ1v) is 5.72. The predicted molar refractivity (Wildman–Crippen MR) is 57.7 cm³/mol. The van der Waals surface area contributed by atoms with Crippen LogP contribution in [0, 0.1) is 0 Å². The fourth-order valence-corrected chi connectivity index (χ4v) is 1.58. The molecule has 1 fully saturated rings. The highest BCUT2D eigenvalue weighted by molar-refractivity contribution is 5.75. The van der Waals surface area contributed by atoms with Gasteiger partial charge in [0.05, 0.1) is 12.7 Å². The highest BCUT2D eigenvalue weighted by Crippen LogP contribution is 2.08. The van der Waals surface area contributed by atoms with Crippen LogP contribution in [0.2, 0.25) is 0 Å². The number of ether oxygens (including phenoxy) is 2. The maximum absolute atomic E-state index is 11.5. The monoisotopic (exact) mass is 215 g/mol. The van der Waals surface area contributed by atoms with Crippen molar-refractivity contribution in [1.29, 1.82) is 0 Å². The van der Waals surface area contributed by atoms with Crippen molar-refractivity contribution in [3.8, 4) is 0 Å². The summed E-state index contributed by atoms with van der Waals surface area (Å²) in [6.07, 6.45) is 3.34. The summed E-state index contributed by atoms with van der Waals surface area (Å²) in [7, 11) is 0. The second kappa shape index (κ2) is 6.80. The van der Waals surface area contributed by atoms with E-state index in [0.29, 0.717) is 13.2 Å². The van der Waals surface area contributed by atoms with Crippen LogP contribution in [0.4, 0.5) is 0 Å². The molecule has 0 aromatic rings. The third-order valence-electron chi connectivity index (χ3n) is 2.37. The molecule has 1 saturated heterocycles. The summed E-state index contributed by atoms with van der Waals surface area (Å²) in [5, 5.41) is 3.15. The molecule has 15 heavy (non-hydrogen) atoms. The largest absolute Gasteiger partial charge is 0.462 e. The Labute approximate surface area is 91.3 Å². The molecule has 0 aliphatic carbocycles. The molecule has 0 bridgehead atoms. The third-order valence-corrected chi connectivity index (χ3v) is 2.37. The van der Waals surface area contributed by atoms with Crippen molar-refractivity contribution in [1.82, 2.24) is 5.32 Å². The van der Waals surface area contributed by atoms with Crippen molar-refractivity contribution in [2.24, 2.45) is 0 Å². The van der Waals surface area contributed by atoms with E-state index in [1.54, 1.807) is 0 Å². The van der Waals surface area contributed by atoms with Gasteiger partial charge in [-0.3, -0.25) is 4.79 Å². The summed E-state index contributed by atoms with van der Waals surface area (Å²) in [6.45, 7) is 5.68. The lowest BCUT2D eigenvalue weighted by molar-refractivity contribution is -0.148. The van der Waals surface area contributed by atoms with Crippen LogP contribution in [0.5, 0.6) is 0 Å². The van der Waals surface area contributed by atoms with Crippen molar-refractivity contribution in [2.75, 3.05) is 19.8 Å². The van der Waals surface area contributed by atoms with E-state index in [0.717, 1.165) is 25.8 Å². The van der Waals surface area contributed by atoms with Crippen molar-refractivity contribution in [3.05, 3.63) is 0 Å². The van der Waals surface area contributed by atoms with Crippen LogP contribution in [0.1, 0.15) is 33.1 Å². The molecule has 0 aromatic heterocycles. The first-order chi connectivity index (χ1) is 7.20.